The third kappa shape index (κ3) is 3.99. The van der Waals surface area contributed by atoms with Crippen molar-refractivity contribution in [1.82, 2.24) is 5.32 Å². The number of carbonyl (C=O) groups is 1. The van der Waals surface area contributed by atoms with Crippen molar-refractivity contribution >= 4 is 17.2 Å². The van der Waals surface area contributed by atoms with E-state index < -0.39 is 12.1 Å². The topological polar surface area (TPSA) is 75.3 Å². The Bertz CT molecular complexity index is 298. The molecular weight excluding hydrogens is 212 g/mol. The molecule has 4 N–H and O–H groups in total. The minimum absolute atomic E-state index is 0.196. The van der Waals surface area contributed by atoms with Crippen LogP contribution < -0.4 is 11.1 Å². The van der Waals surface area contributed by atoms with Gasteiger partial charge in [-0.3, -0.25) is 4.79 Å². The van der Waals surface area contributed by atoms with Crippen molar-refractivity contribution in [2.75, 3.05) is 6.54 Å². The Balaban J connectivity index is 2.34. The maximum absolute atomic E-state index is 11.5. The number of amides is 1. The summed E-state index contributed by atoms with van der Waals surface area (Å²) in [4.78, 5) is 12.4. The minimum Gasteiger partial charge on any atom is -0.393 e. The van der Waals surface area contributed by atoms with Gasteiger partial charge in [-0.25, -0.2) is 0 Å². The van der Waals surface area contributed by atoms with E-state index in [-0.39, 0.29) is 5.91 Å². The Kier molecular flexibility index (Phi) is 4.74. The first-order valence-corrected chi connectivity index (χ1v) is 5.74. The summed E-state index contributed by atoms with van der Waals surface area (Å²) in [7, 11) is 0. The molecule has 5 heteroatoms. The molecule has 0 aliphatic heterocycles. The van der Waals surface area contributed by atoms with E-state index in [4.69, 9.17) is 10.8 Å². The van der Waals surface area contributed by atoms with Crippen LogP contribution >= 0.6 is 11.3 Å². The average molecular weight is 228 g/mol. The quantitative estimate of drug-likeness (QED) is 0.692. The molecule has 1 amide bonds. The number of hydrogen-bond donors (Lipinski definition) is 3. The third-order valence-corrected chi connectivity index (χ3v) is 2.95. The van der Waals surface area contributed by atoms with Crippen molar-refractivity contribution < 1.29 is 9.90 Å². The lowest BCUT2D eigenvalue weighted by Crippen LogP contribution is -2.35. The van der Waals surface area contributed by atoms with Crippen LogP contribution in [0.1, 0.15) is 24.3 Å². The Morgan fingerprint density at radius 2 is 2.47 bits per heavy atom. The van der Waals surface area contributed by atoms with Crippen molar-refractivity contribution in [2.24, 2.45) is 5.73 Å². The van der Waals surface area contributed by atoms with E-state index in [2.05, 4.69) is 5.32 Å². The SMILES string of the molecule is CC(O)CCNC(=O)C(N)c1cccs1. The van der Waals surface area contributed by atoms with Crippen LogP contribution in [0, 0.1) is 0 Å². The molecule has 0 bridgehead atoms. The fourth-order valence-electron chi connectivity index (χ4n) is 1.11. The predicted octanol–water partition coefficient (Wildman–Crippen LogP) is 0.635. The van der Waals surface area contributed by atoms with Crippen molar-refractivity contribution in [2.45, 2.75) is 25.5 Å². The predicted molar refractivity (Wildman–Crippen MR) is 60.6 cm³/mol. The van der Waals surface area contributed by atoms with Gasteiger partial charge < -0.3 is 16.2 Å². The Morgan fingerprint density at radius 1 is 1.73 bits per heavy atom. The zero-order chi connectivity index (χ0) is 11.3. The second-order valence-electron chi connectivity index (χ2n) is 3.42. The van der Waals surface area contributed by atoms with Crippen LogP contribution in [0.5, 0.6) is 0 Å². The Hall–Kier alpha value is -0.910. The van der Waals surface area contributed by atoms with Gasteiger partial charge in [0.05, 0.1) is 6.10 Å². The number of aliphatic hydroxyl groups excluding tert-OH is 1. The first kappa shape index (κ1) is 12.2. The summed E-state index contributed by atoms with van der Waals surface area (Å²) in [5.41, 5.74) is 5.74. The summed E-state index contributed by atoms with van der Waals surface area (Å²) in [6.45, 7) is 2.14. The Labute approximate surface area is 93.1 Å². The van der Waals surface area contributed by atoms with E-state index in [0.29, 0.717) is 13.0 Å². The van der Waals surface area contributed by atoms with Crippen LogP contribution in [0.15, 0.2) is 17.5 Å². The summed E-state index contributed by atoms with van der Waals surface area (Å²) >= 11 is 1.46. The molecule has 0 saturated carbocycles. The lowest BCUT2D eigenvalue weighted by Gasteiger charge is -2.11. The molecule has 1 aromatic rings. The van der Waals surface area contributed by atoms with Crippen molar-refractivity contribution in [1.29, 1.82) is 0 Å². The van der Waals surface area contributed by atoms with Gasteiger partial charge in [0.1, 0.15) is 6.04 Å². The standard InChI is InChI=1S/C10H16N2O2S/c1-7(13)4-5-12-10(14)9(11)8-3-2-6-15-8/h2-3,6-7,9,13H,4-5,11H2,1H3,(H,12,14). The van der Waals surface area contributed by atoms with E-state index in [1.165, 1.54) is 11.3 Å². The second kappa shape index (κ2) is 5.85. The molecule has 0 fully saturated rings. The minimum atomic E-state index is -0.598. The number of hydrogen-bond acceptors (Lipinski definition) is 4. The first-order chi connectivity index (χ1) is 7.11. The van der Waals surface area contributed by atoms with E-state index in [9.17, 15) is 4.79 Å². The van der Waals surface area contributed by atoms with Gasteiger partial charge in [0.2, 0.25) is 5.91 Å². The molecule has 2 unspecified atom stereocenters. The smallest absolute Gasteiger partial charge is 0.242 e. The molecule has 15 heavy (non-hydrogen) atoms. The summed E-state index contributed by atoms with van der Waals surface area (Å²) in [5.74, 6) is -0.196. The van der Waals surface area contributed by atoms with Crippen LogP contribution in [0.2, 0.25) is 0 Å². The van der Waals surface area contributed by atoms with Crippen molar-refractivity contribution in [3.05, 3.63) is 22.4 Å². The number of carbonyl (C=O) groups excluding carboxylic acids is 1. The van der Waals surface area contributed by atoms with Gasteiger partial charge >= 0.3 is 0 Å². The molecule has 1 aromatic heterocycles. The number of nitrogens with two attached hydrogens (primary N) is 1. The van der Waals surface area contributed by atoms with E-state index >= 15 is 0 Å². The van der Waals surface area contributed by atoms with Crippen LogP contribution in [-0.2, 0) is 4.79 Å². The fraction of sp³-hybridized carbons (Fsp3) is 0.500. The van der Waals surface area contributed by atoms with Crippen LogP contribution in [-0.4, -0.2) is 23.7 Å². The molecule has 4 nitrogen and oxygen atoms in total. The highest BCUT2D eigenvalue weighted by Crippen LogP contribution is 2.16. The molecule has 1 rings (SSSR count). The zero-order valence-corrected chi connectivity index (χ0v) is 9.46. The van der Waals surface area contributed by atoms with Gasteiger partial charge in [-0.05, 0) is 24.8 Å². The van der Waals surface area contributed by atoms with Crippen LogP contribution in [0.3, 0.4) is 0 Å². The average Bonchev–Trinajstić information content (AvgIpc) is 2.68. The molecule has 1 heterocycles. The summed E-state index contributed by atoms with van der Waals surface area (Å²) in [6, 6.07) is 3.10. The lowest BCUT2D eigenvalue weighted by molar-refractivity contribution is -0.122. The summed E-state index contributed by atoms with van der Waals surface area (Å²) < 4.78 is 0. The molecule has 84 valence electrons. The normalized spacial score (nSPS) is 14.6. The molecule has 0 aromatic carbocycles. The van der Waals surface area contributed by atoms with E-state index in [0.717, 1.165) is 4.88 Å². The monoisotopic (exact) mass is 228 g/mol. The largest absolute Gasteiger partial charge is 0.393 e. The number of nitrogens with one attached hydrogen (secondary N) is 1. The summed E-state index contributed by atoms with van der Waals surface area (Å²) in [6.07, 6.45) is 0.145. The van der Waals surface area contributed by atoms with Gasteiger partial charge in [0.15, 0.2) is 0 Å². The molecular formula is C10H16N2O2S. The van der Waals surface area contributed by atoms with E-state index in [1.54, 1.807) is 6.92 Å². The zero-order valence-electron chi connectivity index (χ0n) is 8.64. The molecule has 2 atom stereocenters. The fourth-order valence-corrected chi connectivity index (χ4v) is 1.84. The molecule has 0 spiro atoms. The summed E-state index contributed by atoms with van der Waals surface area (Å²) in [5, 5.41) is 13.6. The van der Waals surface area contributed by atoms with E-state index in [1.807, 2.05) is 17.5 Å². The molecule has 0 aliphatic rings. The van der Waals surface area contributed by atoms with Gasteiger partial charge in [-0.15, -0.1) is 11.3 Å². The maximum atomic E-state index is 11.5. The van der Waals surface area contributed by atoms with Crippen molar-refractivity contribution in [3.63, 3.8) is 0 Å². The maximum Gasteiger partial charge on any atom is 0.242 e. The highest BCUT2D eigenvalue weighted by molar-refractivity contribution is 7.10. The Morgan fingerprint density at radius 3 is 3.00 bits per heavy atom. The van der Waals surface area contributed by atoms with Gasteiger partial charge in [-0.1, -0.05) is 6.07 Å². The lowest BCUT2D eigenvalue weighted by atomic mass is 10.2. The number of rotatable bonds is 5. The number of aliphatic hydroxyl groups is 1. The van der Waals surface area contributed by atoms with Crippen molar-refractivity contribution in [3.8, 4) is 0 Å². The molecule has 0 aliphatic carbocycles. The first-order valence-electron chi connectivity index (χ1n) is 4.86. The number of thiophene rings is 1. The highest BCUT2D eigenvalue weighted by atomic mass is 32.1. The third-order valence-electron chi connectivity index (χ3n) is 1.99. The second-order valence-corrected chi connectivity index (χ2v) is 4.40. The molecule has 0 radical (unpaired) electrons. The van der Waals surface area contributed by atoms with Crippen LogP contribution in [0.25, 0.3) is 0 Å². The van der Waals surface area contributed by atoms with Gasteiger partial charge in [-0.2, -0.15) is 0 Å². The molecule has 0 saturated heterocycles. The van der Waals surface area contributed by atoms with Gasteiger partial charge in [0, 0.05) is 11.4 Å². The van der Waals surface area contributed by atoms with Crippen LogP contribution in [0.4, 0.5) is 0 Å². The highest BCUT2D eigenvalue weighted by Gasteiger charge is 2.15. The van der Waals surface area contributed by atoms with Gasteiger partial charge in [0.25, 0.3) is 0 Å².